The zero-order chi connectivity index (χ0) is 18.8. The van der Waals surface area contributed by atoms with Gasteiger partial charge < -0.3 is 10.6 Å². The molecular formula is C17H21F2N3O3. The van der Waals surface area contributed by atoms with Crippen molar-refractivity contribution in [1.82, 2.24) is 15.5 Å². The van der Waals surface area contributed by atoms with Gasteiger partial charge in [0.25, 0.3) is 5.91 Å². The lowest BCUT2D eigenvalue weighted by molar-refractivity contribution is -0.135. The van der Waals surface area contributed by atoms with Crippen LogP contribution in [0.3, 0.4) is 0 Å². The molecule has 0 aromatic heterocycles. The van der Waals surface area contributed by atoms with Gasteiger partial charge in [0.2, 0.25) is 5.91 Å². The van der Waals surface area contributed by atoms with Crippen molar-refractivity contribution in [2.45, 2.75) is 45.2 Å². The lowest BCUT2D eigenvalue weighted by atomic mass is 9.92. The number of halogens is 2. The fourth-order valence-electron chi connectivity index (χ4n) is 2.81. The van der Waals surface area contributed by atoms with Gasteiger partial charge in [-0.3, -0.25) is 14.5 Å². The Kier molecular flexibility index (Phi) is 5.39. The van der Waals surface area contributed by atoms with Crippen LogP contribution < -0.4 is 10.6 Å². The summed E-state index contributed by atoms with van der Waals surface area (Å²) in [6.45, 7) is 4.77. The summed E-state index contributed by atoms with van der Waals surface area (Å²) in [5.41, 5.74) is -1.45. The normalized spacial score (nSPS) is 21.2. The molecule has 136 valence electrons. The lowest BCUT2D eigenvalue weighted by Gasteiger charge is -2.22. The topological polar surface area (TPSA) is 78.5 Å². The maximum Gasteiger partial charge on any atom is 0.325 e. The number of benzene rings is 1. The van der Waals surface area contributed by atoms with Crippen molar-refractivity contribution >= 4 is 17.8 Å². The first kappa shape index (κ1) is 18.8. The molecule has 0 saturated carbocycles. The summed E-state index contributed by atoms with van der Waals surface area (Å²) >= 11 is 0. The zero-order valence-corrected chi connectivity index (χ0v) is 14.4. The van der Waals surface area contributed by atoms with E-state index in [1.165, 1.54) is 13.0 Å². The van der Waals surface area contributed by atoms with Gasteiger partial charge in [0, 0.05) is 6.04 Å². The van der Waals surface area contributed by atoms with E-state index in [1.807, 2.05) is 13.8 Å². The SMILES string of the molecule is CCCC(C)NC(=O)CN1C(=O)NC(C)(c2ccc(F)c(F)c2)C1=O. The average molecular weight is 353 g/mol. The predicted molar refractivity (Wildman–Crippen MR) is 86.5 cm³/mol. The van der Waals surface area contributed by atoms with Gasteiger partial charge in [-0.05, 0) is 38.0 Å². The molecule has 0 bridgehead atoms. The van der Waals surface area contributed by atoms with E-state index in [4.69, 9.17) is 0 Å². The van der Waals surface area contributed by atoms with Crippen LogP contribution in [-0.2, 0) is 15.1 Å². The molecule has 1 aromatic carbocycles. The molecule has 2 atom stereocenters. The van der Waals surface area contributed by atoms with Crippen molar-refractivity contribution in [3.8, 4) is 0 Å². The number of rotatable bonds is 6. The second kappa shape index (κ2) is 7.16. The summed E-state index contributed by atoms with van der Waals surface area (Å²) < 4.78 is 26.6. The molecule has 0 radical (unpaired) electrons. The quantitative estimate of drug-likeness (QED) is 0.768. The van der Waals surface area contributed by atoms with Gasteiger partial charge in [0.05, 0.1) is 0 Å². The van der Waals surface area contributed by atoms with Crippen LogP contribution in [0.4, 0.5) is 13.6 Å². The molecule has 8 heteroatoms. The van der Waals surface area contributed by atoms with Gasteiger partial charge in [-0.2, -0.15) is 0 Å². The fraction of sp³-hybridized carbons (Fsp3) is 0.471. The molecule has 25 heavy (non-hydrogen) atoms. The third-order valence-corrected chi connectivity index (χ3v) is 4.20. The van der Waals surface area contributed by atoms with E-state index in [1.54, 1.807) is 0 Å². The van der Waals surface area contributed by atoms with Crippen LogP contribution in [0.1, 0.15) is 39.2 Å². The van der Waals surface area contributed by atoms with Gasteiger partial charge >= 0.3 is 6.03 Å². The van der Waals surface area contributed by atoms with Crippen molar-refractivity contribution in [3.05, 3.63) is 35.4 Å². The molecule has 0 aliphatic carbocycles. The second-order valence-electron chi connectivity index (χ2n) is 6.33. The van der Waals surface area contributed by atoms with Crippen LogP contribution in [0.25, 0.3) is 0 Å². The molecule has 2 rings (SSSR count). The minimum Gasteiger partial charge on any atom is -0.352 e. The van der Waals surface area contributed by atoms with E-state index in [0.717, 1.165) is 29.9 Å². The minimum absolute atomic E-state index is 0.0733. The summed E-state index contributed by atoms with van der Waals surface area (Å²) in [6, 6.07) is 2.15. The number of imide groups is 1. The van der Waals surface area contributed by atoms with Crippen LogP contribution >= 0.6 is 0 Å². The molecule has 6 nitrogen and oxygen atoms in total. The number of urea groups is 1. The molecule has 1 heterocycles. The van der Waals surface area contributed by atoms with Crippen LogP contribution in [-0.4, -0.2) is 35.3 Å². The first-order valence-corrected chi connectivity index (χ1v) is 8.08. The van der Waals surface area contributed by atoms with E-state index in [9.17, 15) is 23.2 Å². The van der Waals surface area contributed by atoms with E-state index in [0.29, 0.717) is 0 Å². The summed E-state index contributed by atoms with van der Waals surface area (Å²) in [5, 5.41) is 5.16. The van der Waals surface area contributed by atoms with E-state index >= 15 is 0 Å². The Labute approximate surface area is 144 Å². The Bertz CT molecular complexity index is 710. The van der Waals surface area contributed by atoms with E-state index in [2.05, 4.69) is 10.6 Å². The number of nitrogens with one attached hydrogen (secondary N) is 2. The monoisotopic (exact) mass is 353 g/mol. The van der Waals surface area contributed by atoms with Gasteiger partial charge in [-0.25, -0.2) is 13.6 Å². The summed E-state index contributed by atoms with van der Waals surface area (Å²) in [6.07, 6.45) is 1.66. The predicted octanol–water partition coefficient (Wildman–Crippen LogP) is 2.04. The van der Waals surface area contributed by atoms with Gasteiger partial charge in [0.1, 0.15) is 12.1 Å². The number of hydrogen-bond donors (Lipinski definition) is 2. The second-order valence-corrected chi connectivity index (χ2v) is 6.33. The molecule has 0 spiro atoms. The number of hydrogen-bond acceptors (Lipinski definition) is 3. The molecule has 1 aromatic rings. The first-order valence-electron chi connectivity index (χ1n) is 8.08. The Morgan fingerprint density at radius 3 is 2.60 bits per heavy atom. The maximum absolute atomic E-state index is 13.5. The smallest absolute Gasteiger partial charge is 0.325 e. The summed E-state index contributed by atoms with van der Waals surface area (Å²) in [4.78, 5) is 37.5. The van der Waals surface area contributed by atoms with E-state index in [-0.39, 0.29) is 11.6 Å². The molecule has 1 aliphatic rings. The minimum atomic E-state index is -1.55. The van der Waals surface area contributed by atoms with Crippen LogP contribution in [0, 0.1) is 11.6 Å². The van der Waals surface area contributed by atoms with Crippen molar-refractivity contribution in [2.24, 2.45) is 0 Å². The van der Waals surface area contributed by atoms with Crippen LogP contribution in [0.15, 0.2) is 18.2 Å². The highest BCUT2D eigenvalue weighted by atomic mass is 19.2. The molecule has 2 unspecified atom stereocenters. The molecule has 1 fully saturated rings. The lowest BCUT2D eigenvalue weighted by Crippen LogP contribution is -2.45. The Balaban J connectivity index is 2.16. The number of amides is 4. The highest BCUT2D eigenvalue weighted by Crippen LogP contribution is 2.29. The van der Waals surface area contributed by atoms with Gasteiger partial charge in [-0.15, -0.1) is 0 Å². The maximum atomic E-state index is 13.5. The third-order valence-electron chi connectivity index (χ3n) is 4.20. The fourth-order valence-corrected chi connectivity index (χ4v) is 2.81. The van der Waals surface area contributed by atoms with Crippen LogP contribution in [0.2, 0.25) is 0 Å². The van der Waals surface area contributed by atoms with E-state index < -0.39 is 41.6 Å². The molecule has 2 N–H and O–H groups in total. The third kappa shape index (κ3) is 3.78. The number of carbonyl (C=O) groups excluding carboxylic acids is 3. The number of nitrogens with zero attached hydrogens (tertiary/aromatic N) is 1. The Morgan fingerprint density at radius 2 is 2.00 bits per heavy atom. The summed E-state index contributed by atoms with van der Waals surface area (Å²) in [5.74, 6) is -3.32. The zero-order valence-electron chi connectivity index (χ0n) is 14.4. The molecule has 4 amide bonds. The van der Waals surface area contributed by atoms with Gasteiger partial charge in [0.15, 0.2) is 11.6 Å². The van der Waals surface area contributed by atoms with Crippen molar-refractivity contribution in [2.75, 3.05) is 6.54 Å². The summed E-state index contributed by atoms with van der Waals surface area (Å²) in [7, 11) is 0. The average Bonchev–Trinajstić information content (AvgIpc) is 2.74. The first-order chi connectivity index (χ1) is 11.7. The largest absolute Gasteiger partial charge is 0.352 e. The Hall–Kier alpha value is -2.51. The van der Waals surface area contributed by atoms with Gasteiger partial charge in [-0.1, -0.05) is 19.4 Å². The van der Waals surface area contributed by atoms with Crippen LogP contribution in [0.5, 0.6) is 0 Å². The highest BCUT2D eigenvalue weighted by molar-refractivity contribution is 6.09. The van der Waals surface area contributed by atoms with Crippen molar-refractivity contribution in [1.29, 1.82) is 0 Å². The van der Waals surface area contributed by atoms with Crippen molar-refractivity contribution in [3.63, 3.8) is 0 Å². The van der Waals surface area contributed by atoms with Crippen molar-refractivity contribution < 1.29 is 23.2 Å². The molecular weight excluding hydrogens is 332 g/mol. The molecule has 1 aliphatic heterocycles. The number of carbonyl (C=O) groups is 3. The Morgan fingerprint density at radius 1 is 1.32 bits per heavy atom. The standard InChI is InChI=1S/C17H21F2N3O3/c1-4-5-10(2)20-14(23)9-22-15(24)17(3,21-16(22)25)11-6-7-12(18)13(19)8-11/h6-8,10H,4-5,9H2,1-3H3,(H,20,23)(H,21,25). The highest BCUT2D eigenvalue weighted by Gasteiger charge is 2.49. The molecule has 1 saturated heterocycles.